The van der Waals surface area contributed by atoms with E-state index in [0.717, 1.165) is 12.3 Å². The monoisotopic (exact) mass is 262 g/mol. The minimum Gasteiger partial charge on any atom is -0.349 e. The van der Waals surface area contributed by atoms with Gasteiger partial charge in [0.25, 0.3) is 5.91 Å². The van der Waals surface area contributed by atoms with Crippen molar-refractivity contribution >= 4 is 11.7 Å². The van der Waals surface area contributed by atoms with Crippen LogP contribution >= 0.6 is 0 Å². The van der Waals surface area contributed by atoms with Crippen molar-refractivity contribution in [3.05, 3.63) is 23.9 Å². The van der Waals surface area contributed by atoms with E-state index in [1.54, 1.807) is 18.3 Å². The first-order chi connectivity index (χ1) is 9.11. The highest BCUT2D eigenvalue weighted by Gasteiger charge is 2.27. The summed E-state index contributed by atoms with van der Waals surface area (Å²) >= 11 is 0. The summed E-state index contributed by atoms with van der Waals surface area (Å²) in [5.41, 5.74) is 2.96. The first-order valence-electron chi connectivity index (χ1n) is 6.84. The van der Waals surface area contributed by atoms with E-state index in [4.69, 9.17) is 5.84 Å². The van der Waals surface area contributed by atoms with Crippen LogP contribution in [0.25, 0.3) is 0 Å². The van der Waals surface area contributed by atoms with Crippen LogP contribution in [0.2, 0.25) is 0 Å². The first kappa shape index (κ1) is 13.8. The zero-order valence-electron chi connectivity index (χ0n) is 11.5. The number of nitrogens with zero attached hydrogens (tertiary/aromatic N) is 1. The molecule has 1 heterocycles. The van der Waals surface area contributed by atoms with Crippen molar-refractivity contribution < 1.29 is 4.79 Å². The molecule has 0 bridgehead atoms. The molecule has 2 rings (SSSR count). The Kier molecular flexibility index (Phi) is 4.37. The Morgan fingerprint density at radius 1 is 1.42 bits per heavy atom. The van der Waals surface area contributed by atoms with E-state index >= 15 is 0 Å². The van der Waals surface area contributed by atoms with Crippen LogP contribution in [0.3, 0.4) is 0 Å². The third-order valence-electron chi connectivity index (χ3n) is 3.94. The van der Waals surface area contributed by atoms with Crippen LogP contribution < -0.4 is 16.6 Å². The van der Waals surface area contributed by atoms with E-state index in [9.17, 15) is 4.79 Å². The summed E-state index contributed by atoms with van der Waals surface area (Å²) in [5, 5.41) is 3.11. The molecule has 5 nitrogen and oxygen atoms in total. The maximum absolute atomic E-state index is 12.3. The van der Waals surface area contributed by atoms with Gasteiger partial charge in [0.2, 0.25) is 0 Å². The first-order valence-corrected chi connectivity index (χ1v) is 6.84. The van der Waals surface area contributed by atoms with Gasteiger partial charge < -0.3 is 10.7 Å². The maximum atomic E-state index is 12.3. The molecule has 3 atom stereocenters. The van der Waals surface area contributed by atoms with Crippen molar-refractivity contribution in [2.24, 2.45) is 17.7 Å². The van der Waals surface area contributed by atoms with Crippen LogP contribution in [0.1, 0.15) is 43.5 Å². The topological polar surface area (TPSA) is 80.0 Å². The van der Waals surface area contributed by atoms with Gasteiger partial charge in [-0.25, -0.2) is 10.8 Å². The third kappa shape index (κ3) is 3.23. The molecule has 3 unspecified atom stereocenters. The molecule has 0 aliphatic heterocycles. The summed E-state index contributed by atoms with van der Waals surface area (Å²) in [5.74, 6) is 6.95. The number of rotatable bonds is 3. The fraction of sp³-hybridized carbons (Fsp3) is 0.571. The smallest absolute Gasteiger partial charge is 0.255 e. The Morgan fingerprint density at radius 3 is 2.89 bits per heavy atom. The highest BCUT2D eigenvalue weighted by molar-refractivity contribution is 5.98. The number of carbonyl (C=O) groups excluding carboxylic acids is 1. The van der Waals surface area contributed by atoms with E-state index < -0.39 is 0 Å². The van der Waals surface area contributed by atoms with Crippen molar-refractivity contribution in [2.75, 3.05) is 5.43 Å². The third-order valence-corrected chi connectivity index (χ3v) is 3.94. The SMILES string of the molecule is CC1CCC(NC(=O)c2cccnc2NN)C(C)C1. The van der Waals surface area contributed by atoms with Gasteiger partial charge in [0.15, 0.2) is 5.82 Å². The minimum absolute atomic E-state index is 0.104. The Bertz CT molecular complexity index is 449. The molecular weight excluding hydrogens is 240 g/mol. The molecule has 1 aliphatic rings. The summed E-state index contributed by atoms with van der Waals surface area (Å²) in [6.45, 7) is 4.47. The number of nitrogens with two attached hydrogens (primary N) is 1. The predicted octanol–water partition coefficient (Wildman–Crippen LogP) is 1.92. The number of anilines is 1. The molecule has 19 heavy (non-hydrogen) atoms. The molecule has 1 saturated carbocycles. The van der Waals surface area contributed by atoms with E-state index in [1.807, 2.05) is 0 Å². The average Bonchev–Trinajstić information content (AvgIpc) is 2.41. The lowest BCUT2D eigenvalue weighted by Gasteiger charge is -2.33. The second kappa shape index (κ2) is 6.02. The number of amides is 1. The molecule has 1 fully saturated rings. The Balaban J connectivity index is 2.04. The lowest BCUT2D eigenvalue weighted by atomic mass is 9.80. The summed E-state index contributed by atoms with van der Waals surface area (Å²) in [6.07, 6.45) is 4.99. The predicted molar refractivity (Wildman–Crippen MR) is 75.5 cm³/mol. The van der Waals surface area contributed by atoms with Crippen LogP contribution in [-0.2, 0) is 0 Å². The summed E-state index contributed by atoms with van der Waals surface area (Å²) in [6, 6.07) is 3.71. The molecule has 0 aromatic carbocycles. The summed E-state index contributed by atoms with van der Waals surface area (Å²) in [4.78, 5) is 16.3. The highest BCUT2D eigenvalue weighted by atomic mass is 16.1. The number of aromatic nitrogens is 1. The largest absolute Gasteiger partial charge is 0.349 e. The Hall–Kier alpha value is -1.62. The number of carbonyl (C=O) groups is 1. The van der Waals surface area contributed by atoms with Crippen molar-refractivity contribution in [1.29, 1.82) is 0 Å². The lowest BCUT2D eigenvalue weighted by molar-refractivity contribution is 0.0900. The van der Waals surface area contributed by atoms with E-state index in [1.165, 1.54) is 12.8 Å². The molecule has 104 valence electrons. The van der Waals surface area contributed by atoms with Crippen LogP contribution in [0.5, 0.6) is 0 Å². The zero-order valence-corrected chi connectivity index (χ0v) is 11.5. The van der Waals surface area contributed by atoms with Gasteiger partial charge in [-0.2, -0.15) is 0 Å². The number of nitrogen functional groups attached to an aromatic ring is 1. The molecule has 0 saturated heterocycles. The molecule has 0 radical (unpaired) electrons. The molecule has 1 aromatic heterocycles. The summed E-state index contributed by atoms with van der Waals surface area (Å²) in [7, 11) is 0. The van der Waals surface area contributed by atoms with Gasteiger partial charge in [0.1, 0.15) is 0 Å². The quantitative estimate of drug-likeness (QED) is 0.574. The molecule has 5 heteroatoms. The Labute approximate surface area is 114 Å². The van der Waals surface area contributed by atoms with Crippen molar-refractivity contribution in [2.45, 2.75) is 39.2 Å². The molecular formula is C14H22N4O. The summed E-state index contributed by atoms with van der Waals surface area (Å²) < 4.78 is 0. The van der Waals surface area contributed by atoms with Crippen LogP contribution in [0, 0.1) is 11.8 Å². The number of hydrogen-bond donors (Lipinski definition) is 3. The van der Waals surface area contributed by atoms with Gasteiger partial charge in [-0.3, -0.25) is 4.79 Å². The molecule has 4 N–H and O–H groups in total. The van der Waals surface area contributed by atoms with E-state index in [-0.39, 0.29) is 11.9 Å². The number of nitrogens with one attached hydrogen (secondary N) is 2. The van der Waals surface area contributed by atoms with Crippen LogP contribution in [0.4, 0.5) is 5.82 Å². The van der Waals surface area contributed by atoms with E-state index in [0.29, 0.717) is 17.3 Å². The fourth-order valence-corrected chi connectivity index (χ4v) is 2.83. The molecule has 1 aromatic rings. The van der Waals surface area contributed by atoms with Gasteiger partial charge in [-0.05, 0) is 43.2 Å². The lowest BCUT2D eigenvalue weighted by Crippen LogP contribution is -2.42. The number of pyridine rings is 1. The molecule has 0 spiro atoms. The van der Waals surface area contributed by atoms with Gasteiger partial charge in [-0.1, -0.05) is 13.8 Å². The molecule has 1 aliphatic carbocycles. The second-order valence-corrected chi connectivity index (χ2v) is 5.52. The number of hydrazine groups is 1. The fourth-order valence-electron chi connectivity index (χ4n) is 2.83. The van der Waals surface area contributed by atoms with Crippen LogP contribution in [-0.4, -0.2) is 16.9 Å². The van der Waals surface area contributed by atoms with Crippen molar-refractivity contribution in [3.8, 4) is 0 Å². The van der Waals surface area contributed by atoms with Gasteiger partial charge in [0, 0.05) is 12.2 Å². The highest BCUT2D eigenvalue weighted by Crippen LogP contribution is 2.28. The van der Waals surface area contributed by atoms with Crippen LogP contribution in [0.15, 0.2) is 18.3 Å². The zero-order chi connectivity index (χ0) is 13.8. The number of hydrogen-bond acceptors (Lipinski definition) is 4. The van der Waals surface area contributed by atoms with Crippen molar-refractivity contribution in [3.63, 3.8) is 0 Å². The standard InChI is InChI=1S/C14H22N4O/c1-9-5-6-12(10(2)8-9)17-14(19)11-4-3-7-16-13(11)18-15/h3-4,7,9-10,12H,5-6,8,15H2,1-2H3,(H,16,18)(H,17,19). The van der Waals surface area contributed by atoms with Gasteiger partial charge in [0.05, 0.1) is 5.56 Å². The van der Waals surface area contributed by atoms with E-state index in [2.05, 4.69) is 29.6 Å². The second-order valence-electron chi connectivity index (χ2n) is 5.52. The van der Waals surface area contributed by atoms with Gasteiger partial charge >= 0.3 is 0 Å². The van der Waals surface area contributed by atoms with Gasteiger partial charge in [-0.15, -0.1) is 0 Å². The minimum atomic E-state index is -0.104. The average molecular weight is 262 g/mol. The Morgan fingerprint density at radius 2 is 2.21 bits per heavy atom. The molecule has 1 amide bonds. The normalized spacial score (nSPS) is 26.8. The maximum Gasteiger partial charge on any atom is 0.255 e. The van der Waals surface area contributed by atoms with Crippen molar-refractivity contribution in [1.82, 2.24) is 10.3 Å².